The molecule has 3 aromatic carbocycles. The van der Waals surface area contributed by atoms with Gasteiger partial charge >= 0.3 is 0 Å². The van der Waals surface area contributed by atoms with Crippen LogP contribution in [0.4, 0.5) is 0 Å². The first-order chi connectivity index (χ1) is 16.5. The van der Waals surface area contributed by atoms with Gasteiger partial charge in [0.15, 0.2) is 11.5 Å². The Morgan fingerprint density at radius 2 is 1.71 bits per heavy atom. The number of rotatable bonds is 9. The van der Waals surface area contributed by atoms with Crippen molar-refractivity contribution >= 4 is 24.1 Å². The molecule has 0 aliphatic carbocycles. The molecule has 0 spiro atoms. The summed E-state index contributed by atoms with van der Waals surface area (Å²) in [7, 11) is 1.56. The highest BCUT2D eigenvalue weighted by molar-refractivity contribution is 6.05. The Hall–Kier alpha value is -4.59. The number of carbonyl (C=O) groups excluding carboxylic acids is 2. The Labute approximate surface area is 197 Å². The maximum absolute atomic E-state index is 12.9. The lowest BCUT2D eigenvalue weighted by Gasteiger charge is -2.10. The van der Waals surface area contributed by atoms with Crippen LogP contribution in [0.2, 0.25) is 0 Å². The normalized spacial score (nSPS) is 11.2. The molecule has 0 aliphatic rings. The van der Waals surface area contributed by atoms with Crippen molar-refractivity contribution in [3.8, 4) is 17.2 Å². The second-order valence-electron chi connectivity index (χ2n) is 7.01. The number of phenols is 1. The molecule has 0 radical (unpaired) electrons. The monoisotopic (exact) mass is 459 g/mol. The van der Waals surface area contributed by atoms with E-state index in [-0.39, 0.29) is 11.4 Å². The van der Waals surface area contributed by atoms with Gasteiger partial charge in [0.25, 0.3) is 11.8 Å². The minimum Gasteiger partial charge on any atom is -0.504 e. The predicted molar refractivity (Wildman–Crippen MR) is 130 cm³/mol. The summed E-state index contributed by atoms with van der Waals surface area (Å²) in [6, 6.07) is 20.3. The van der Waals surface area contributed by atoms with Gasteiger partial charge in [-0.3, -0.25) is 9.59 Å². The van der Waals surface area contributed by atoms with Gasteiger partial charge in [-0.05, 0) is 66.6 Å². The number of methoxy groups -OCH3 is 1. The van der Waals surface area contributed by atoms with E-state index in [9.17, 15) is 14.7 Å². The van der Waals surface area contributed by atoms with Gasteiger partial charge in [-0.2, -0.15) is 5.10 Å². The molecule has 0 unspecified atom stereocenters. The number of nitrogens with zero attached hydrogens (tertiary/aromatic N) is 1. The number of aromatic hydroxyl groups is 1. The minimum absolute atomic E-state index is 0.0105. The number of ether oxygens (including phenoxy) is 2. The molecule has 8 heteroatoms. The van der Waals surface area contributed by atoms with E-state index in [0.29, 0.717) is 34.8 Å². The molecule has 0 heterocycles. The van der Waals surface area contributed by atoms with Gasteiger partial charge in [-0.1, -0.05) is 30.3 Å². The number of hydrazone groups is 1. The van der Waals surface area contributed by atoms with Gasteiger partial charge in [0.05, 0.1) is 19.9 Å². The summed E-state index contributed by atoms with van der Waals surface area (Å²) in [5.41, 5.74) is 4.13. The molecular weight excluding hydrogens is 434 g/mol. The molecule has 34 heavy (non-hydrogen) atoms. The fourth-order valence-corrected chi connectivity index (χ4v) is 2.92. The third-order valence-corrected chi connectivity index (χ3v) is 4.62. The highest BCUT2D eigenvalue weighted by Crippen LogP contribution is 2.26. The highest BCUT2D eigenvalue weighted by atomic mass is 16.5. The molecule has 0 saturated carbocycles. The number of benzene rings is 3. The summed E-state index contributed by atoms with van der Waals surface area (Å²) in [4.78, 5) is 25.5. The summed E-state index contributed by atoms with van der Waals surface area (Å²) >= 11 is 0. The van der Waals surface area contributed by atoms with Crippen LogP contribution >= 0.6 is 0 Å². The van der Waals surface area contributed by atoms with Crippen LogP contribution < -0.4 is 20.2 Å². The van der Waals surface area contributed by atoms with Crippen molar-refractivity contribution < 1.29 is 24.2 Å². The second kappa shape index (κ2) is 11.9. The molecule has 3 rings (SSSR count). The third kappa shape index (κ3) is 6.70. The molecular formula is C26H25N3O5. The first-order valence-corrected chi connectivity index (χ1v) is 10.5. The van der Waals surface area contributed by atoms with Crippen molar-refractivity contribution in [1.82, 2.24) is 10.7 Å². The molecule has 174 valence electrons. The Morgan fingerprint density at radius 3 is 2.38 bits per heavy atom. The zero-order valence-corrected chi connectivity index (χ0v) is 18.8. The molecule has 0 saturated heterocycles. The molecule has 2 amide bonds. The van der Waals surface area contributed by atoms with Gasteiger partial charge < -0.3 is 19.9 Å². The van der Waals surface area contributed by atoms with Crippen LogP contribution in [0.5, 0.6) is 17.2 Å². The number of nitrogens with one attached hydrogen (secondary N) is 2. The molecule has 0 atom stereocenters. The van der Waals surface area contributed by atoms with Crippen LogP contribution in [0.25, 0.3) is 6.08 Å². The van der Waals surface area contributed by atoms with Gasteiger partial charge in [-0.15, -0.1) is 0 Å². The quantitative estimate of drug-likeness (QED) is 0.257. The highest BCUT2D eigenvalue weighted by Gasteiger charge is 2.14. The van der Waals surface area contributed by atoms with Crippen molar-refractivity contribution in [1.29, 1.82) is 0 Å². The largest absolute Gasteiger partial charge is 0.504 e. The fourth-order valence-electron chi connectivity index (χ4n) is 2.92. The first kappa shape index (κ1) is 24.1. The number of hydrogen-bond donors (Lipinski definition) is 3. The summed E-state index contributed by atoms with van der Waals surface area (Å²) in [5, 5.41) is 16.4. The second-order valence-corrected chi connectivity index (χ2v) is 7.01. The molecule has 3 aromatic rings. The maximum atomic E-state index is 12.9. The summed E-state index contributed by atoms with van der Waals surface area (Å²) < 4.78 is 10.5. The number of hydrogen-bond acceptors (Lipinski definition) is 6. The van der Waals surface area contributed by atoms with E-state index in [4.69, 9.17) is 9.47 Å². The molecule has 0 aliphatic heterocycles. The van der Waals surface area contributed by atoms with Crippen molar-refractivity contribution in [2.75, 3.05) is 13.7 Å². The summed E-state index contributed by atoms with van der Waals surface area (Å²) in [5.74, 6) is -0.0507. The predicted octanol–water partition coefficient (Wildman–Crippen LogP) is 3.72. The SMILES string of the molecule is CCOc1cc(C=NNC(=O)C(=Cc2ccc(OC)cc2)NC(=O)c2ccccc2)ccc1O. The lowest BCUT2D eigenvalue weighted by Crippen LogP contribution is -2.32. The van der Waals surface area contributed by atoms with E-state index >= 15 is 0 Å². The molecule has 0 fully saturated rings. The molecule has 0 aromatic heterocycles. The van der Waals surface area contributed by atoms with E-state index in [0.717, 1.165) is 0 Å². The lowest BCUT2D eigenvalue weighted by molar-refractivity contribution is -0.117. The van der Waals surface area contributed by atoms with Crippen LogP contribution in [0.1, 0.15) is 28.4 Å². The topological polar surface area (TPSA) is 109 Å². The first-order valence-electron chi connectivity index (χ1n) is 10.5. The van der Waals surface area contributed by atoms with E-state index in [1.54, 1.807) is 86.8 Å². The van der Waals surface area contributed by atoms with Gasteiger partial charge in [0.1, 0.15) is 11.4 Å². The molecule has 8 nitrogen and oxygen atoms in total. The Morgan fingerprint density at radius 1 is 1.00 bits per heavy atom. The van der Waals surface area contributed by atoms with Crippen LogP contribution in [0, 0.1) is 0 Å². The molecule has 3 N–H and O–H groups in total. The van der Waals surface area contributed by atoms with Crippen LogP contribution in [-0.2, 0) is 4.79 Å². The minimum atomic E-state index is -0.611. The van der Waals surface area contributed by atoms with E-state index in [2.05, 4.69) is 15.8 Å². The van der Waals surface area contributed by atoms with Gasteiger partial charge in [0, 0.05) is 5.56 Å². The summed E-state index contributed by atoms with van der Waals surface area (Å²) in [6.07, 6.45) is 2.95. The zero-order valence-electron chi connectivity index (χ0n) is 18.8. The van der Waals surface area contributed by atoms with E-state index < -0.39 is 11.8 Å². The Balaban J connectivity index is 1.79. The Kier molecular flexibility index (Phi) is 8.40. The number of carbonyl (C=O) groups is 2. The lowest BCUT2D eigenvalue weighted by atomic mass is 10.1. The average molecular weight is 460 g/mol. The van der Waals surface area contributed by atoms with Gasteiger partial charge in [-0.25, -0.2) is 5.43 Å². The van der Waals surface area contributed by atoms with Crippen molar-refractivity contribution in [3.63, 3.8) is 0 Å². The van der Waals surface area contributed by atoms with Crippen molar-refractivity contribution in [2.24, 2.45) is 5.10 Å². The number of phenolic OH excluding ortho intramolecular Hbond substituents is 1. The van der Waals surface area contributed by atoms with Crippen LogP contribution in [-0.4, -0.2) is 36.9 Å². The maximum Gasteiger partial charge on any atom is 0.287 e. The summed E-state index contributed by atoms with van der Waals surface area (Å²) in [6.45, 7) is 2.20. The van der Waals surface area contributed by atoms with E-state index in [1.165, 1.54) is 12.3 Å². The van der Waals surface area contributed by atoms with Crippen molar-refractivity contribution in [2.45, 2.75) is 6.92 Å². The third-order valence-electron chi connectivity index (χ3n) is 4.62. The standard InChI is InChI=1S/C26H25N3O5/c1-3-34-24-16-19(11-14-23(24)30)17-27-29-26(32)22(15-18-9-12-21(33-2)13-10-18)28-25(31)20-7-5-4-6-8-20/h4-17,30H,3H2,1-2H3,(H,28,31)(H,29,32). The average Bonchev–Trinajstić information content (AvgIpc) is 2.86. The van der Waals surface area contributed by atoms with E-state index in [1.807, 2.05) is 0 Å². The van der Waals surface area contributed by atoms with Crippen LogP contribution in [0.15, 0.2) is 83.6 Å². The number of amides is 2. The molecule has 0 bridgehead atoms. The zero-order chi connectivity index (χ0) is 24.3. The Bertz CT molecular complexity index is 1190. The van der Waals surface area contributed by atoms with Gasteiger partial charge in [0.2, 0.25) is 0 Å². The smallest absolute Gasteiger partial charge is 0.287 e. The fraction of sp³-hybridized carbons (Fsp3) is 0.115. The van der Waals surface area contributed by atoms with Crippen LogP contribution in [0.3, 0.4) is 0 Å². The van der Waals surface area contributed by atoms with Crippen molar-refractivity contribution in [3.05, 3.63) is 95.2 Å².